The average Bonchev–Trinajstić information content (AvgIpc) is 3.02. The smallest absolute Gasteiger partial charge is 0.208 e. The summed E-state index contributed by atoms with van der Waals surface area (Å²) in [5, 5.41) is 16.7. The molecular formula is C17H14N4S. The molecular weight excluding hydrogens is 292 g/mol. The Morgan fingerprint density at radius 2 is 1.77 bits per heavy atom. The minimum atomic E-state index is 0.678. The number of hydrogen-bond donors (Lipinski definition) is 1. The molecule has 2 aromatic carbocycles. The minimum absolute atomic E-state index is 0.678. The van der Waals surface area contributed by atoms with Crippen molar-refractivity contribution in [1.82, 2.24) is 15.2 Å². The molecule has 0 spiro atoms. The lowest BCUT2D eigenvalue weighted by molar-refractivity contribution is 0.956. The van der Waals surface area contributed by atoms with Crippen LogP contribution in [0.4, 0.5) is 0 Å². The van der Waals surface area contributed by atoms with Crippen LogP contribution < -0.4 is 0 Å². The zero-order valence-corrected chi connectivity index (χ0v) is 12.7. The van der Waals surface area contributed by atoms with Crippen LogP contribution in [-0.2, 0) is 12.2 Å². The maximum absolute atomic E-state index is 8.78. The molecule has 1 aromatic heterocycles. The molecule has 3 rings (SSSR count). The van der Waals surface area contributed by atoms with E-state index in [1.807, 2.05) is 42.5 Å². The molecule has 0 aliphatic carbocycles. The Labute approximate surface area is 133 Å². The van der Waals surface area contributed by atoms with Gasteiger partial charge in [0.1, 0.15) is 5.82 Å². The summed E-state index contributed by atoms with van der Waals surface area (Å²) in [6, 6.07) is 19.9. The molecule has 1 heterocycles. The van der Waals surface area contributed by atoms with E-state index in [1.54, 1.807) is 11.8 Å². The summed E-state index contributed by atoms with van der Waals surface area (Å²) in [5.74, 6) is 1.66. The number of aromatic amines is 1. The van der Waals surface area contributed by atoms with Gasteiger partial charge in [-0.3, -0.25) is 5.10 Å². The second-order valence-electron chi connectivity index (χ2n) is 4.82. The third-order valence-electron chi connectivity index (χ3n) is 3.18. The molecule has 0 atom stereocenters. The van der Waals surface area contributed by atoms with Crippen molar-refractivity contribution in [1.29, 1.82) is 5.26 Å². The first-order valence-corrected chi connectivity index (χ1v) is 7.89. The monoisotopic (exact) mass is 306 g/mol. The molecule has 0 aliphatic heterocycles. The Hall–Kier alpha value is -2.58. The van der Waals surface area contributed by atoms with E-state index in [0.29, 0.717) is 5.56 Å². The number of aromatic nitrogens is 3. The number of hydrogen-bond acceptors (Lipinski definition) is 4. The SMILES string of the molecule is N#Cc1ccc(CSc2n[nH]c(Cc3ccccc3)n2)cc1. The van der Waals surface area contributed by atoms with Gasteiger partial charge in [0.15, 0.2) is 0 Å². The lowest BCUT2D eigenvalue weighted by Gasteiger charge is -1.98. The van der Waals surface area contributed by atoms with E-state index >= 15 is 0 Å². The van der Waals surface area contributed by atoms with E-state index in [-0.39, 0.29) is 0 Å². The van der Waals surface area contributed by atoms with E-state index < -0.39 is 0 Å². The lowest BCUT2D eigenvalue weighted by atomic mass is 10.1. The predicted octanol–water partition coefficient (Wildman–Crippen LogP) is 3.56. The number of thioether (sulfide) groups is 1. The van der Waals surface area contributed by atoms with Gasteiger partial charge in [-0.2, -0.15) is 5.26 Å². The Morgan fingerprint density at radius 3 is 2.50 bits per heavy atom. The number of H-pyrrole nitrogens is 1. The molecule has 0 bridgehead atoms. The highest BCUT2D eigenvalue weighted by Gasteiger charge is 2.05. The Balaban J connectivity index is 1.58. The van der Waals surface area contributed by atoms with E-state index in [4.69, 9.17) is 5.26 Å². The summed E-state index contributed by atoms with van der Waals surface area (Å²) in [5.41, 5.74) is 3.04. The Kier molecular flexibility index (Phi) is 4.52. The second kappa shape index (κ2) is 6.92. The molecule has 22 heavy (non-hydrogen) atoms. The summed E-state index contributed by atoms with van der Waals surface area (Å²) in [6.45, 7) is 0. The van der Waals surface area contributed by atoms with Gasteiger partial charge in [-0.1, -0.05) is 54.2 Å². The van der Waals surface area contributed by atoms with Crippen LogP contribution in [0, 0.1) is 11.3 Å². The summed E-state index contributed by atoms with van der Waals surface area (Å²) in [6.07, 6.45) is 0.755. The molecule has 0 aliphatic rings. The van der Waals surface area contributed by atoms with Gasteiger partial charge in [0.25, 0.3) is 0 Å². The molecule has 108 valence electrons. The highest BCUT2D eigenvalue weighted by molar-refractivity contribution is 7.98. The maximum Gasteiger partial charge on any atom is 0.208 e. The molecule has 1 N–H and O–H groups in total. The van der Waals surface area contributed by atoms with Gasteiger partial charge >= 0.3 is 0 Å². The Bertz CT molecular complexity index is 772. The maximum atomic E-state index is 8.78. The first kappa shape index (κ1) is 14.4. The number of nitriles is 1. The van der Waals surface area contributed by atoms with Crippen molar-refractivity contribution in [2.75, 3.05) is 0 Å². The van der Waals surface area contributed by atoms with Crippen molar-refractivity contribution >= 4 is 11.8 Å². The van der Waals surface area contributed by atoms with Gasteiger partial charge in [-0.25, -0.2) is 4.98 Å². The van der Waals surface area contributed by atoms with Crippen LogP contribution in [0.3, 0.4) is 0 Å². The summed E-state index contributed by atoms with van der Waals surface area (Å²) in [7, 11) is 0. The zero-order chi connectivity index (χ0) is 15.2. The molecule has 5 heteroatoms. The van der Waals surface area contributed by atoms with Crippen LogP contribution in [0.1, 0.15) is 22.5 Å². The normalized spacial score (nSPS) is 10.3. The van der Waals surface area contributed by atoms with E-state index in [1.165, 1.54) is 5.56 Å². The predicted molar refractivity (Wildman–Crippen MR) is 86.3 cm³/mol. The van der Waals surface area contributed by atoms with Crippen molar-refractivity contribution in [3.8, 4) is 6.07 Å². The van der Waals surface area contributed by atoms with E-state index in [2.05, 4.69) is 33.4 Å². The molecule has 0 radical (unpaired) electrons. The van der Waals surface area contributed by atoms with Crippen LogP contribution in [0.15, 0.2) is 59.8 Å². The second-order valence-corrected chi connectivity index (χ2v) is 5.77. The molecule has 4 nitrogen and oxygen atoms in total. The first-order valence-electron chi connectivity index (χ1n) is 6.90. The van der Waals surface area contributed by atoms with Crippen molar-refractivity contribution < 1.29 is 0 Å². The van der Waals surface area contributed by atoms with Crippen LogP contribution in [0.25, 0.3) is 0 Å². The molecule has 0 fully saturated rings. The summed E-state index contributed by atoms with van der Waals surface area (Å²) >= 11 is 1.58. The van der Waals surface area contributed by atoms with Crippen LogP contribution in [0.2, 0.25) is 0 Å². The van der Waals surface area contributed by atoms with Crippen LogP contribution >= 0.6 is 11.8 Å². The molecule has 0 amide bonds. The van der Waals surface area contributed by atoms with Crippen molar-refractivity contribution in [3.05, 3.63) is 77.1 Å². The molecule has 3 aromatic rings. The van der Waals surface area contributed by atoms with Crippen LogP contribution in [-0.4, -0.2) is 15.2 Å². The standard InChI is InChI=1S/C17H14N4S/c18-11-14-6-8-15(9-7-14)12-22-17-19-16(20-21-17)10-13-4-2-1-3-5-13/h1-9H,10,12H2,(H,19,20,21). The summed E-state index contributed by atoms with van der Waals surface area (Å²) < 4.78 is 0. The number of rotatable bonds is 5. The quantitative estimate of drug-likeness (QED) is 0.732. The van der Waals surface area contributed by atoms with Gasteiger partial charge in [-0.05, 0) is 23.3 Å². The highest BCUT2D eigenvalue weighted by atomic mass is 32.2. The largest absolute Gasteiger partial charge is 0.262 e. The number of nitrogens with one attached hydrogen (secondary N) is 1. The third kappa shape index (κ3) is 3.74. The lowest BCUT2D eigenvalue weighted by Crippen LogP contribution is -1.90. The first-order chi connectivity index (χ1) is 10.8. The fraction of sp³-hybridized carbons (Fsp3) is 0.118. The highest BCUT2D eigenvalue weighted by Crippen LogP contribution is 2.19. The third-order valence-corrected chi connectivity index (χ3v) is 4.10. The molecule has 0 saturated carbocycles. The number of nitrogens with zero attached hydrogens (tertiary/aromatic N) is 3. The number of benzene rings is 2. The van der Waals surface area contributed by atoms with Crippen molar-refractivity contribution in [2.24, 2.45) is 0 Å². The summed E-state index contributed by atoms with van der Waals surface area (Å²) in [4.78, 5) is 4.50. The topological polar surface area (TPSA) is 65.4 Å². The van der Waals surface area contributed by atoms with Gasteiger partial charge < -0.3 is 0 Å². The fourth-order valence-corrected chi connectivity index (χ4v) is 2.81. The Morgan fingerprint density at radius 1 is 1.00 bits per heavy atom. The molecule has 0 unspecified atom stereocenters. The van der Waals surface area contributed by atoms with Crippen molar-refractivity contribution in [3.63, 3.8) is 0 Å². The molecule has 0 saturated heterocycles. The van der Waals surface area contributed by atoms with Gasteiger partial charge in [0, 0.05) is 12.2 Å². The fourth-order valence-electron chi connectivity index (χ4n) is 2.03. The van der Waals surface area contributed by atoms with E-state index in [9.17, 15) is 0 Å². The van der Waals surface area contributed by atoms with Crippen LogP contribution in [0.5, 0.6) is 0 Å². The van der Waals surface area contributed by atoms with Gasteiger partial charge in [0.05, 0.1) is 11.6 Å². The zero-order valence-electron chi connectivity index (χ0n) is 11.9. The van der Waals surface area contributed by atoms with Crippen molar-refractivity contribution in [2.45, 2.75) is 17.3 Å². The minimum Gasteiger partial charge on any atom is -0.262 e. The average molecular weight is 306 g/mol. The van der Waals surface area contributed by atoms with E-state index in [0.717, 1.165) is 28.7 Å². The van der Waals surface area contributed by atoms with Gasteiger partial charge in [0.2, 0.25) is 5.16 Å². The van der Waals surface area contributed by atoms with Gasteiger partial charge in [-0.15, -0.1) is 5.10 Å².